The van der Waals surface area contributed by atoms with Gasteiger partial charge in [-0.2, -0.15) is 5.10 Å². The van der Waals surface area contributed by atoms with Crippen molar-refractivity contribution >= 4 is 39.8 Å². The molecule has 1 amide bonds. The Kier molecular flexibility index (Phi) is 5.24. The van der Waals surface area contributed by atoms with E-state index in [-0.39, 0.29) is 11.7 Å². The van der Waals surface area contributed by atoms with Crippen molar-refractivity contribution in [2.75, 3.05) is 5.32 Å². The van der Waals surface area contributed by atoms with E-state index in [2.05, 4.69) is 15.4 Å². The monoisotopic (exact) mass is 422 g/mol. The molecule has 0 radical (unpaired) electrons. The Bertz CT molecular complexity index is 1200. The number of benzene rings is 2. The minimum Gasteiger partial charge on any atom is -0.298 e. The Hall–Kier alpha value is -3.29. The maximum atomic E-state index is 12.6. The van der Waals surface area contributed by atoms with Crippen LogP contribution in [-0.4, -0.2) is 26.5 Å². The van der Waals surface area contributed by atoms with Gasteiger partial charge < -0.3 is 0 Å². The number of ketones is 1. The van der Waals surface area contributed by atoms with Crippen LogP contribution in [0.4, 0.5) is 5.13 Å². The summed E-state index contributed by atoms with van der Waals surface area (Å²) in [5.74, 6) is -0.461. The summed E-state index contributed by atoms with van der Waals surface area (Å²) in [6.45, 7) is 1.49. The molecule has 6 nitrogen and oxygen atoms in total. The van der Waals surface area contributed by atoms with Crippen molar-refractivity contribution in [3.05, 3.63) is 82.5 Å². The molecule has 144 valence electrons. The van der Waals surface area contributed by atoms with Crippen LogP contribution in [0.3, 0.4) is 0 Å². The molecule has 2 aromatic heterocycles. The van der Waals surface area contributed by atoms with Gasteiger partial charge in [0.05, 0.1) is 28.0 Å². The molecule has 0 atom stereocenters. The normalized spacial score (nSPS) is 10.7. The highest BCUT2D eigenvalue weighted by Gasteiger charge is 2.19. The van der Waals surface area contributed by atoms with Crippen molar-refractivity contribution in [1.29, 1.82) is 0 Å². The van der Waals surface area contributed by atoms with E-state index in [0.29, 0.717) is 26.3 Å². The third-order valence-corrected chi connectivity index (χ3v) is 5.44. The molecule has 0 unspecified atom stereocenters. The molecule has 1 N–H and O–H groups in total. The summed E-state index contributed by atoms with van der Waals surface area (Å²) in [5.41, 5.74) is 2.50. The van der Waals surface area contributed by atoms with Crippen LogP contribution >= 0.6 is 22.9 Å². The Morgan fingerprint density at radius 2 is 1.90 bits per heavy atom. The zero-order chi connectivity index (χ0) is 20.4. The van der Waals surface area contributed by atoms with E-state index in [0.717, 1.165) is 22.6 Å². The van der Waals surface area contributed by atoms with Crippen molar-refractivity contribution in [3.8, 4) is 16.9 Å². The number of halogens is 1. The zero-order valence-corrected chi connectivity index (χ0v) is 16.9. The average molecular weight is 423 g/mol. The second-order valence-electron chi connectivity index (χ2n) is 6.23. The Morgan fingerprint density at radius 3 is 2.62 bits per heavy atom. The molecule has 0 bridgehead atoms. The van der Waals surface area contributed by atoms with Crippen LogP contribution in [-0.2, 0) is 0 Å². The largest absolute Gasteiger partial charge is 0.298 e. The third kappa shape index (κ3) is 4.11. The van der Waals surface area contributed by atoms with E-state index in [9.17, 15) is 9.59 Å². The van der Waals surface area contributed by atoms with Gasteiger partial charge >= 0.3 is 0 Å². The number of rotatable bonds is 5. The maximum absolute atomic E-state index is 12.6. The summed E-state index contributed by atoms with van der Waals surface area (Å²) in [7, 11) is 0. The van der Waals surface area contributed by atoms with E-state index in [1.807, 2.05) is 42.5 Å². The Labute approximate surface area is 175 Å². The first kappa shape index (κ1) is 19.0. The van der Waals surface area contributed by atoms with Gasteiger partial charge in [0, 0.05) is 23.7 Å². The molecule has 2 heterocycles. The molecular formula is C21H15ClN4O2S. The van der Waals surface area contributed by atoms with E-state index in [1.54, 1.807) is 23.0 Å². The van der Waals surface area contributed by atoms with Crippen LogP contribution in [0.15, 0.2) is 67.0 Å². The van der Waals surface area contributed by atoms with Crippen LogP contribution in [0.5, 0.6) is 0 Å². The molecule has 29 heavy (non-hydrogen) atoms. The number of thiazole rings is 1. The summed E-state index contributed by atoms with van der Waals surface area (Å²) < 4.78 is 1.57. The molecule has 0 saturated carbocycles. The molecule has 0 aliphatic heterocycles. The van der Waals surface area contributed by atoms with Gasteiger partial charge in [-0.3, -0.25) is 14.9 Å². The lowest BCUT2D eigenvalue weighted by atomic mass is 10.1. The van der Waals surface area contributed by atoms with E-state index >= 15 is 0 Å². The second kappa shape index (κ2) is 7.98. The lowest BCUT2D eigenvalue weighted by Gasteiger charge is -2.01. The van der Waals surface area contributed by atoms with Crippen molar-refractivity contribution < 1.29 is 9.59 Å². The van der Waals surface area contributed by atoms with E-state index < -0.39 is 0 Å². The van der Waals surface area contributed by atoms with Gasteiger partial charge in [-0.25, -0.2) is 9.67 Å². The first-order chi connectivity index (χ1) is 14.0. The molecular weight excluding hydrogens is 408 g/mol. The highest BCUT2D eigenvalue weighted by Crippen LogP contribution is 2.31. The third-order valence-electron chi connectivity index (χ3n) is 4.13. The van der Waals surface area contributed by atoms with E-state index in [4.69, 9.17) is 11.6 Å². The number of aromatic nitrogens is 3. The number of carbonyl (C=O) groups excluding carboxylic acids is 2. The molecule has 0 saturated heterocycles. The minimum atomic E-state index is -0.359. The summed E-state index contributed by atoms with van der Waals surface area (Å²) in [4.78, 5) is 29.6. The molecule has 0 aliphatic rings. The molecule has 0 aliphatic carbocycles. The van der Waals surface area contributed by atoms with Crippen LogP contribution in [0.25, 0.3) is 16.9 Å². The van der Waals surface area contributed by atoms with Gasteiger partial charge in [0.15, 0.2) is 10.9 Å². The fourth-order valence-electron chi connectivity index (χ4n) is 2.77. The Morgan fingerprint density at radius 1 is 1.10 bits per heavy atom. The van der Waals surface area contributed by atoms with Gasteiger partial charge in [-0.1, -0.05) is 59.3 Å². The molecule has 0 fully saturated rings. The summed E-state index contributed by atoms with van der Waals surface area (Å²) in [6, 6.07) is 16.6. The van der Waals surface area contributed by atoms with Crippen LogP contribution in [0, 0.1) is 0 Å². The standard InChI is InChI=1S/C21H15ClN4O2S/c1-13(27)19-18(14-6-3-2-4-7-14)24-21(29-19)25-20(28)15-11-23-26(12-15)17-9-5-8-16(22)10-17/h2-12H,1H3,(H,24,25,28). The van der Waals surface area contributed by atoms with Gasteiger partial charge in [-0.05, 0) is 18.2 Å². The number of nitrogens with one attached hydrogen (secondary N) is 1. The number of nitrogens with zero attached hydrogens (tertiary/aromatic N) is 3. The minimum absolute atomic E-state index is 0.101. The molecule has 4 aromatic rings. The first-order valence-electron chi connectivity index (χ1n) is 8.70. The summed E-state index contributed by atoms with van der Waals surface area (Å²) in [5, 5.41) is 7.91. The predicted molar refractivity (Wildman–Crippen MR) is 114 cm³/mol. The highest BCUT2D eigenvalue weighted by molar-refractivity contribution is 7.18. The van der Waals surface area contributed by atoms with Crippen molar-refractivity contribution in [2.45, 2.75) is 6.92 Å². The molecule has 0 spiro atoms. The smallest absolute Gasteiger partial charge is 0.260 e. The number of amides is 1. The highest BCUT2D eigenvalue weighted by atomic mass is 35.5. The SMILES string of the molecule is CC(=O)c1sc(NC(=O)c2cnn(-c3cccc(Cl)c3)c2)nc1-c1ccccc1. The lowest BCUT2D eigenvalue weighted by molar-refractivity contribution is 0.101. The van der Waals surface area contributed by atoms with Gasteiger partial charge in [0.25, 0.3) is 5.91 Å². The second-order valence-corrected chi connectivity index (χ2v) is 7.66. The molecule has 4 rings (SSSR count). The number of carbonyl (C=O) groups is 2. The number of hydrogen-bond donors (Lipinski definition) is 1. The maximum Gasteiger partial charge on any atom is 0.260 e. The predicted octanol–water partition coefficient (Wildman–Crippen LogP) is 5.10. The van der Waals surface area contributed by atoms with Gasteiger partial charge in [0.2, 0.25) is 0 Å². The fraction of sp³-hybridized carbons (Fsp3) is 0.0476. The Balaban J connectivity index is 1.58. The van der Waals surface area contributed by atoms with Gasteiger partial charge in [-0.15, -0.1) is 0 Å². The van der Waals surface area contributed by atoms with Crippen molar-refractivity contribution in [3.63, 3.8) is 0 Å². The van der Waals surface area contributed by atoms with Crippen molar-refractivity contribution in [1.82, 2.24) is 14.8 Å². The molecule has 2 aromatic carbocycles. The summed E-state index contributed by atoms with van der Waals surface area (Å²) >= 11 is 7.16. The van der Waals surface area contributed by atoms with Crippen molar-refractivity contribution in [2.24, 2.45) is 0 Å². The number of anilines is 1. The van der Waals surface area contributed by atoms with Crippen LogP contribution < -0.4 is 5.32 Å². The molecule has 8 heteroatoms. The fourth-order valence-corrected chi connectivity index (χ4v) is 3.84. The lowest BCUT2D eigenvalue weighted by Crippen LogP contribution is -2.10. The topological polar surface area (TPSA) is 76.9 Å². The average Bonchev–Trinajstić information content (AvgIpc) is 3.36. The number of Topliss-reactive ketones (excluding diaryl/α,β-unsaturated/α-hetero) is 1. The van der Waals surface area contributed by atoms with Crippen LogP contribution in [0.1, 0.15) is 27.0 Å². The first-order valence-corrected chi connectivity index (χ1v) is 9.90. The summed E-state index contributed by atoms with van der Waals surface area (Å²) in [6.07, 6.45) is 3.08. The quantitative estimate of drug-likeness (QED) is 0.454. The van der Waals surface area contributed by atoms with Crippen LogP contribution in [0.2, 0.25) is 5.02 Å². The van der Waals surface area contributed by atoms with E-state index in [1.165, 1.54) is 13.1 Å². The van der Waals surface area contributed by atoms with Gasteiger partial charge in [0.1, 0.15) is 0 Å². The zero-order valence-electron chi connectivity index (χ0n) is 15.3. The number of hydrogen-bond acceptors (Lipinski definition) is 5.